The number of anilines is 1. The Morgan fingerprint density at radius 2 is 1.79 bits per heavy atom. The fourth-order valence-electron chi connectivity index (χ4n) is 2.95. The van der Waals surface area contributed by atoms with Crippen LogP contribution in [0.4, 0.5) is 23.7 Å². The van der Waals surface area contributed by atoms with Crippen molar-refractivity contribution in [2.45, 2.75) is 25.1 Å². The van der Waals surface area contributed by atoms with E-state index in [1.807, 2.05) is 7.05 Å². The summed E-state index contributed by atoms with van der Waals surface area (Å²) in [5.74, 6) is 0.0577. The lowest BCUT2D eigenvalue weighted by Gasteiger charge is -2.30. The van der Waals surface area contributed by atoms with Gasteiger partial charge in [0.05, 0.1) is 5.56 Å². The van der Waals surface area contributed by atoms with Gasteiger partial charge in [-0.15, -0.1) is 0 Å². The van der Waals surface area contributed by atoms with Gasteiger partial charge in [-0.3, -0.25) is 5.32 Å². The van der Waals surface area contributed by atoms with Crippen molar-refractivity contribution in [3.8, 4) is 11.5 Å². The third-order valence-electron chi connectivity index (χ3n) is 4.44. The highest BCUT2D eigenvalue weighted by molar-refractivity contribution is 5.86. The molecule has 1 saturated heterocycles. The first-order valence-corrected chi connectivity index (χ1v) is 8.91. The van der Waals surface area contributed by atoms with Gasteiger partial charge in [0.2, 0.25) is 0 Å². The van der Waals surface area contributed by atoms with E-state index in [0.717, 1.165) is 19.2 Å². The number of likely N-dealkylation sites (tertiary alicyclic amines) is 1. The number of halogens is 3. The van der Waals surface area contributed by atoms with Crippen LogP contribution in [-0.2, 0) is 6.18 Å². The molecule has 3 rings (SSSR count). The molecule has 1 heterocycles. The van der Waals surface area contributed by atoms with Crippen molar-refractivity contribution in [3.63, 3.8) is 0 Å². The van der Waals surface area contributed by atoms with Crippen molar-refractivity contribution >= 4 is 11.8 Å². The quantitative estimate of drug-likeness (QED) is 0.810. The maximum Gasteiger partial charge on any atom is 0.420 e. The van der Waals surface area contributed by atoms with Crippen LogP contribution < -0.4 is 14.8 Å². The van der Waals surface area contributed by atoms with Crippen LogP contribution in [-0.4, -0.2) is 37.2 Å². The Morgan fingerprint density at radius 3 is 2.43 bits per heavy atom. The molecule has 0 unspecified atom stereocenters. The molecular weight excluding hydrogens is 373 g/mol. The maximum atomic E-state index is 13.5. The minimum absolute atomic E-state index is 0.0241. The lowest BCUT2D eigenvalue weighted by Crippen LogP contribution is -2.36. The third kappa shape index (κ3) is 5.39. The molecule has 0 aromatic heterocycles. The van der Waals surface area contributed by atoms with Crippen molar-refractivity contribution in [2.75, 3.05) is 25.5 Å². The number of nitrogens with zero attached hydrogens (tertiary/aromatic N) is 1. The average molecular weight is 394 g/mol. The summed E-state index contributed by atoms with van der Waals surface area (Å²) < 4.78 is 51.2. The van der Waals surface area contributed by atoms with Crippen molar-refractivity contribution in [1.29, 1.82) is 0 Å². The highest BCUT2D eigenvalue weighted by atomic mass is 19.4. The average Bonchev–Trinajstić information content (AvgIpc) is 2.65. The molecule has 0 saturated carbocycles. The summed E-state index contributed by atoms with van der Waals surface area (Å²) in [7, 11) is 1.96. The number of ether oxygens (including phenoxy) is 2. The first-order chi connectivity index (χ1) is 13.3. The number of piperidine rings is 1. The molecule has 1 aliphatic rings. The zero-order valence-corrected chi connectivity index (χ0v) is 15.3. The number of para-hydroxylation sites is 1. The predicted molar refractivity (Wildman–Crippen MR) is 98.7 cm³/mol. The molecule has 1 N–H and O–H groups in total. The van der Waals surface area contributed by atoms with Gasteiger partial charge in [-0.2, -0.15) is 13.2 Å². The molecule has 8 heteroatoms. The fourth-order valence-corrected chi connectivity index (χ4v) is 2.95. The van der Waals surface area contributed by atoms with Gasteiger partial charge in [0.15, 0.2) is 0 Å². The molecule has 28 heavy (non-hydrogen) atoms. The van der Waals surface area contributed by atoms with E-state index in [0.29, 0.717) is 18.6 Å². The van der Waals surface area contributed by atoms with E-state index < -0.39 is 17.8 Å². The van der Waals surface area contributed by atoms with Gasteiger partial charge < -0.3 is 14.4 Å². The number of nitrogens with one attached hydrogen (secondary N) is 1. The predicted octanol–water partition coefficient (Wildman–Crippen LogP) is 4.79. The number of benzene rings is 2. The summed E-state index contributed by atoms with van der Waals surface area (Å²) in [6.45, 7) is 1.55. The third-order valence-corrected chi connectivity index (χ3v) is 4.44. The molecule has 1 aliphatic heterocycles. The van der Waals surface area contributed by atoms with Crippen LogP contribution in [0.1, 0.15) is 18.4 Å². The Bertz CT molecular complexity index is 804. The highest BCUT2D eigenvalue weighted by Crippen LogP contribution is 2.39. The van der Waals surface area contributed by atoms with Crippen LogP contribution in [0.3, 0.4) is 0 Å². The van der Waals surface area contributed by atoms with Gasteiger partial charge in [-0.25, -0.2) is 4.79 Å². The summed E-state index contributed by atoms with van der Waals surface area (Å²) in [6, 6.07) is 11.7. The first-order valence-electron chi connectivity index (χ1n) is 8.91. The number of amides is 1. The molecule has 0 radical (unpaired) electrons. The van der Waals surface area contributed by atoms with E-state index in [9.17, 15) is 18.0 Å². The van der Waals surface area contributed by atoms with Gasteiger partial charge in [0.25, 0.3) is 0 Å². The molecule has 150 valence electrons. The zero-order valence-electron chi connectivity index (χ0n) is 15.3. The summed E-state index contributed by atoms with van der Waals surface area (Å²) in [4.78, 5) is 14.0. The lowest BCUT2D eigenvalue weighted by atomic mass is 10.1. The number of hydrogen-bond acceptors (Lipinski definition) is 4. The number of alkyl halides is 3. The van der Waals surface area contributed by atoms with Crippen molar-refractivity contribution in [2.24, 2.45) is 0 Å². The second-order valence-corrected chi connectivity index (χ2v) is 6.66. The van der Waals surface area contributed by atoms with E-state index in [-0.39, 0.29) is 17.5 Å². The minimum Gasteiger partial charge on any atom is -0.490 e. The number of hydrogen-bond donors (Lipinski definition) is 1. The molecular formula is C20H21F3N2O3. The summed E-state index contributed by atoms with van der Waals surface area (Å²) in [5.41, 5.74) is -0.951. The van der Waals surface area contributed by atoms with Gasteiger partial charge in [0, 0.05) is 18.8 Å². The first kappa shape index (κ1) is 20.0. The normalized spacial score (nSPS) is 15.9. The van der Waals surface area contributed by atoms with Gasteiger partial charge in [-0.1, -0.05) is 18.2 Å². The van der Waals surface area contributed by atoms with E-state index in [1.165, 1.54) is 12.1 Å². The van der Waals surface area contributed by atoms with Crippen LogP contribution in [0.5, 0.6) is 11.5 Å². The second kappa shape index (κ2) is 8.52. The van der Waals surface area contributed by atoms with E-state index in [2.05, 4.69) is 10.2 Å². The zero-order chi connectivity index (χ0) is 20.1. The number of carbonyl (C=O) groups excluding carboxylic acids is 1. The number of rotatable bonds is 4. The largest absolute Gasteiger partial charge is 0.490 e. The highest BCUT2D eigenvalue weighted by Gasteiger charge is 2.35. The molecule has 1 amide bonds. The van der Waals surface area contributed by atoms with Gasteiger partial charge >= 0.3 is 12.3 Å². The van der Waals surface area contributed by atoms with Gasteiger partial charge in [-0.05, 0) is 50.2 Å². The molecule has 1 fully saturated rings. The molecule has 0 aliphatic carbocycles. The second-order valence-electron chi connectivity index (χ2n) is 6.66. The Labute approximate surface area is 161 Å². The molecule has 2 aromatic rings. The molecule has 0 atom stereocenters. The van der Waals surface area contributed by atoms with Crippen LogP contribution in [0.2, 0.25) is 0 Å². The summed E-state index contributed by atoms with van der Waals surface area (Å²) in [5, 5.41) is 2.32. The maximum absolute atomic E-state index is 13.5. The van der Waals surface area contributed by atoms with Crippen molar-refractivity contribution in [3.05, 3.63) is 54.1 Å². The Kier molecular flexibility index (Phi) is 6.08. The number of carbonyl (C=O) groups is 1. The Balaban J connectivity index is 1.72. The fraction of sp³-hybridized carbons (Fsp3) is 0.350. The minimum atomic E-state index is -4.61. The van der Waals surface area contributed by atoms with E-state index >= 15 is 0 Å². The van der Waals surface area contributed by atoms with Crippen LogP contribution in [0.15, 0.2) is 48.5 Å². The Hall–Kier alpha value is -2.74. The van der Waals surface area contributed by atoms with Crippen molar-refractivity contribution in [1.82, 2.24) is 4.90 Å². The van der Waals surface area contributed by atoms with Crippen LogP contribution in [0.25, 0.3) is 0 Å². The van der Waals surface area contributed by atoms with Crippen LogP contribution in [0, 0.1) is 0 Å². The van der Waals surface area contributed by atoms with E-state index in [1.54, 1.807) is 30.3 Å². The standard InChI is InChI=1S/C20H21F3N2O3/c1-25-11-9-16(10-12-25)27-18-8-7-14(13-17(18)20(21,22)23)24-19(26)28-15-5-3-2-4-6-15/h2-8,13,16H,9-12H2,1H3,(H,24,26). The SMILES string of the molecule is CN1CCC(Oc2ccc(NC(=O)Oc3ccccc3)cc2C(F)(F)F)CC1. The van der Waals surface area contributed by atoms with E-state index in [4.69, 9.17) is 9.47 Å². The smallest absolute Gasteiger partial charge is 0.420 e. The molecule has 2 aromatic carbocycles. The topological polar surface area (TPSA) is 50.8 Å². The summed E-state index contributed by atoms with van der Waals surface area (Å²) in [6.07, 6.45) is -4.42. The molecule has 0 bridgehead atoms. The van der Waals surface area contributed by atoms with Crippen molar-refractivity contribution < 1.29 is 27.4 Å². The van der Waals surface area contributed by atoms with Gasteiger partial charge in [0.1, 0.15) is 17.6 Å². The van der Waals surface area contributed by atoms with Crippen LogP contribution >= 0.6 is 0 Å². The monoisotopic (exact) mass is 394 g/mol. The summed E-state index contributed by atoms with van der Waals surface area (Å²) >= 11 is 0. The Morgan fingerprint density at radius 1 is 1.11 bits per heavy atom. The lowest BCUT2D eigenvalue weighted by molar-refractivity contribution is -0.139. The molecule has 0 spiro atoms. The molecule has 5 nitrogen and oxygen atoms in total.